The van der Waals surface area contributed by atoms with Crippen molar-refractivity contribution in [3.05, 3.63) is 35.6 Å². The maximum atomic E-state index is 13.2. The number of amides is 1. The second kappa shape index (κ2) is 8.81. The molecule has 1 heterocycles. The largest absolute Gasteiger partial charge is 0.481 e. The molecule has 2 atom stereocenters. The number of carbonyl (C=O) groups excluding carboxylic acids is 1. The highest BCUT2D eigenvalue weighted by atomic mass is 19.1. The Bertz CT molecular complexity index is 575. The van der Waals surface area contributed by atoms with Crippen molar-refractivity contribution in [2.45, 2.75) is 45.4 Å². The first kappa shape index (κ1) is 18.4. The molecule has 24 heavy (non-hydrogen) atoms. The molecule has 1 amide bonds. The van der Waals surface area contributed by atoms with E-state index in [1.54, 1.807) is 6.07 Å². The number of rotatable bonds is 7. The molecule has 0 saturated carbocycles. The van der Waals surface area contributed by atoms with E-state index in [4.69, 9.17) is 5.11 Å². The molecule has 4 nitrogen and oxygen atoms in total. The van der Waals surface area contributed by atoms with Crippen LogP contribution in [0.4, 0.5) is 4.39 Å². The van der Waals surface area contributed by atoms with Crippen LogP contribution in [0.5, 0.6) is 0 Å². The fourth-order valence-electron chi connectivity index (χ4n) is 3.34. The topological polar surface area (TPSA) is 57.6 Å². The van der Waals surface area contributed by atoms with Crippen LogP contribution in [0.3, 0.4) is 0 Å². The molecule has 1 N–H and O–H groups in total. The Hall–Kier alpha value is -1.91. The summed E-state index contributed by atoms with van der Waals surface area (Å²) in [5, 5.41) is 8.80. The van der Waals surface area contributed by atoms with Crippen molar-refractivity contribution in [1.29, 1.82) is 0 Å². The van der Waals surface area contributed by atoms with Gasteiger partial charge in [-0.25, -0.2) is 4.39 Å². The van der Waals surface area contributed by atoms with Crippen molar-refractivity contribution in [2.24, 2.45) is 11.8 Å². The monoisotopic (exact) mass is 335 g/mol. The van der Waals surface area contributed by atoms with Crippen LogP contribution in [-0.2, 0) is 16.0 Å². The highest BCUT2D eigenvalue weighted by molar-refractivity contribution is 5.78. The molecule has 0 radical (unpaired) electrons. The predicted octanol–water partition coefficient (Wildman–Crippen LogP) is 3.50. The summed E-state index contributed by atoms with van der Waals surface area (Å²) >= 11 is 0. The summed E-state index contributed by atoms with van der Waals surface area (Å²) in [6.45, 7) is 3.34. The summed E-state index contributed by atoms with van der Waals surface area (Å²) in [6, 6.07) is 6.50. The third-order valence-electron chi connectivity index (χ3n) is 4.77. The Morgan fingerprint density at radius 1 is 1.42 bits per heavy atom. The number of hydrogen-bond acceptors (Lipinski definition) is 2. The molecule has 1 aliphatic heterocycles. The zero-order chi connectivity index (χ0) is 17.5. The van der Waals surface area contributed by atoms with Crippen molar-refractivity contribution < 1.29 is 19.1 Å². The molecule has 0 unspecified atom stereocenters. The first-order valence-electron chi connectivity index (χ1n) is 8.70. The standard InChI is InChI=1S/C19H26FNO3/c1-14(7-8-15-4-2-6-17(20)12-15)19(24)21-11-3-5-16(13-21)9-10-18(22)23/h2,4,6,12,14,16H,3,5,7-11,13H2,1H3,(H,22,23)/t14-,16-/m1/s1. The van der Waals surface area contributed by atoms with Gasteiger partial charge in [0.25, 0.3) is 0 Å². The van der Waals surface area contributed by atoms with Crippen LogP contribution in [0.15, 0.2) is 24.3 Å². The van der Waals surface area contributed by atoms with Crippen LogP contribution in [0.25, 0.3) is 0 Å². The van der Waals surface area contributed by atoms with Crippen molar-refractivity contribution in [1.82, 2.24) is 4.90 Å². The van der Waals surface area contributed by atoms with Gasteiger partial charge in [0.1, 0.15) is 5.82 Å². The highest BCUT2D eigenvalue weighted by Crippen LogP contribution is 2.23. The molecule has 1 fully saturated rings. The fourth-order valence-corrected chi connectivity index (χ4v) is 3.34. The Morgan fingerprint density at radius 3 is 2.92 bits per heavy atom. The minimum absolute atomic E-state index is 0.105. The van der Waals surface area contributed by atoms with Gasteiger partial charge in [0.2, 0.25) is 5.91 Å². The van der Waals surface area contributed by atoms with Crippen molar-refractivity contribution in [3.63, 3.8) is 0 Å². The first-order valence-corrected chi connectivity index (χ1v) is 8.70. The van der Waals surface area contributed by atoms with E-state index < -0.39 is 5.97 Å². The third-order valence-corrected chi connectivity index (χ3v) is 4.77. The van der Waals surface area contributed by atoms with Gasteiger partial charge in [0.05, 0.1) is 0 Å². The van der Waals surface area contributed by atoms with Gasteiger partial charge < -0.3 is 10.0 Å². The zero-order valence-electron chi connectivity index (χ0n) is 14.2. The van der Waals surface area contributed by atoms with E-state index in [1.807, 2.05) is 17.9 Å². The Labute approximate surface area is 142 Å². The second-order valence-corrected chi connectivity index (χ2v) is 6.79. The van der Waals surface area contributed by atoms with Gasteiger partial charge in [-0.3, -0.25) is 9.59 Å². The average molecular weight is 335 g/mol. The lowest BCUT2D eigenvalue weighted by atomic mass is 9.92. The molecule has 132 valence electrons. The molecule has 0 spiro atoms. The number of carboxylic acids is 1. The van der Waals surface area contributed by atoms with Gasteiger partial charge in [0, 0.05) is 25.4 Å². The number of nitrogens with zero attached hydrogens (tertiary/aromatic N) is 1. The quantitative estimate of drug-likeness (QED) is 0.830. The highest BCUT2D eigenvalue weighted by Gasteiger charge is 2.26. The Balaban J connectivity index is 1.82. The van der Waals surface area contributed by atoms with E-state index in [1.165, 1.54) is 12.1 Å². The lowest BCUT2D eigenvalue weighted by Crippen LogP contribution is -2.42. The molecule has 1 aromatic rings. The lowest BCUT2D eigenvalue weighted by Gasteiger charge is -2.34. The van der Waals surface area contributed by atoms with Crippen LogP contribution >= 0.6 is 0 Å². The molecule has 0 bridgehead atoms. The molecule has 1 saturated heterocycles. The van der Waals surface area contributed by atoms with E-state index >= 15 is 0 Å². The number of aliphatic carboxylic acids is 1. The van der Waals surface area contributed by atoms with Gasteiger partial charge in [0.15, 0.2) is 0 Å². The molecule has 0 aromatic heterocycles. The summed E-state index contributed by atoms with van der Waals surface area (Å²) < 4.78 is 13.2. The van der Waals surface area contributed by atoms with E-state index in [0.29, 0.717) is 25.8 Å². The van der Waals surface area contributed by atoms with Crippen LogP contribution in [-0.4, -0.2) is 35.0 Å². The van der Waals surface area contributed by atoms with Gasteiger partial charge in [-0.1, -0.05) is 19.1 Å². The minimum Gasteiger partial charge on any atom is -0.481 e. The maximum Gasteiger partial charge on any atom is 0.303 e. The molecule has 1 aromatic carbocycles. The predicted molar refractivity (Wildman–Crippen MR) is 90.1 cm³/mol. The number of aryl methyl sites for hydroxylation is 1. The lowest BCUT2D eigenvalue weighted by molar-refractivity contribution is -0.138. The Morgan fingerprint density at radius 2 is 2.21 bits per heavy atom. The van der Waals surface area contributed by atoms with E-state index in [-0.39, 0.29) is 30.0 Å². The molecular weight excluding hydrogens is 309 g/mol. The summed E-state index contributed by atoms with van der Waals surface area (Å²) in [4.78, 5) is 25.2. The number of hydrogen-bond donors (Lipinski definition) is 1. The van der Waals surface area contributed by atoms with Crippen LogP contribution in [0, 0.1) is 17.7 Å². The molecule has 0 aliphatic carbocycles. The van der Waals surface area contributed by atoms with Crippen molar-refractivity contribution in [3.8, 4) is 0 Å². The van der Waals surface area contributed by atoms with Gasteiger partial charge >= 0.3 is 5.97 Å². The number of piperidine rings is 1. The van der Waals surface area contributed by atoms with E-state index in [9.17, 15) is 14.0 Å². The molecule has 5 heteroatoms. The smallest absolute Gasteiger partial charge is 0.303 e. The molecule has 1 aliphatic rings. The normalized spacial score (nSPS) is 19.1. The van der Waals surface area contributed by atoms with E-state index in [0.717, 1.165) is 24.9 Å². The summed E-state index contributed by atoms with van der Waals surface area (Å²) in [5.41, 5.74) is 0.910. The van der Waals surface area contributed by atoms with Crippen LogP contribution in [0.1, 0.15) is 44.6 Å². The van der Waals surface area contributed by atoms with E-state index in [2.05, 4.69) is 0 Å². The first-order chi connectivity index (χ1) is 11.5. The van der Waals surface area contributed by atoms with Crippen molar-refractivity contribution in [2.75, 3.05) is 13.1 Å². The number of halogens is 1. The molecular formula is C19H26FNO3. The third kappa shape index (κ3) is 5.62. The van der Waals surface area contributed by atoms with Crippen LogP contribution in [0.2, 0.25) is 0 Å². The number of likely N-dealkylation sites (tertiary alicyclic amines) is 1. The Kier molecular flexibility index (Phi) is 6.76. The average Bonchev–Trinajstić information content (AvgIpc) is 2.57. The fraction of sp³-hybridized carbons (Fsp3) is 0.579. The summed E-state index contributed by atoms with van der Waals surface area (Å²) in [6.07, 6.45) is 4.11. The summed E-state index contributed by atoms with van der Waals surface area (Å²) in [7, 11) is 0. The maximum absolute atomic E-state index is 13.2. The zero-order valence-corrected chi connectivity index (χ0v) is 14.2. The van der Waals surface area contributed by atoms with Gasteiger partial charge in [-0.2, -0.15) is 0 Å². The second-order valence-electron chi connectivity index (χ2n) is 6.79. The SMILES string of the molecule is C[C@H](CCc1cccc(F)c1)C(=O)N1CCC[C@H](CCC(=O)O)C1. The minimum atomic E-state index is -0.776. The molecule has 2 rings (SSSR count). The van der Waals surface area contributed by atoms with Crippen molar-refractivity contribution >= 4 is 11.9 Å². The van der Waals surface area contributed by atoms with Gasteiger partial charge in [-0.05, 0) is 55.7 Å². The summed E-state index contributed by atoms with van der Waals surface area (Å²) in [5.74, 6) is -0.710. The number of carboxylic acid groups (broad SMARTS) is 1. The van der Waals surface area contributed by atoms with Crippen LogP contribution < -0.4 is 0 Å². The number of carbonyl (C=O) groups is 2. The van der Waals surface area contributed by atoms with Gasteiger partial charge in [-0.15, -0.1) is 0 Å². The number of benzene rings is 1.